The minimum absolute atomic E-state index is 0.189. The Balaban J connectivity index is 1.55. The maximum atomic E-state index is 15.3. The summed E-state index contributed by atoms with van der Waals surface area (Å²) in [7, 11) is 0. The third kappa shape index (κ3) is 6.68. The fraction of sp³-hybridized carbons (Fsp3) is 0.433. The van der Waals surface area contributed by atoms with E-state index in [0.29, 0.717) is 44.8 Å². The minimum Gasteiger partial charge on any atom is -0.446 e. The van der Waals surface area contributed by atoms with Gasteiger partial charge in [-0.15, -0.1) is 6.58 Å². The van der Waals surface area contributed by atoms with Crippen LogP contribution in [-0.2, 0) is 9.47 Å². The van der Waals surface area contributed by atoms with E-state index in [2.05, 4.69) is 6.58 Å². The second-order valence-electron chi connectivity index (χ2n) is 9.94. The van der Waals surface area contributed by atoms with Crippen molar-refractivity contribution < 1.29 is 33.4 Å². The van der Waals surface area contributed by atoms with Crippen LogP contribution in [0.25, 0.3) is 0 Å². The Kier molecular flexibility index (Phi) is 9.89. The molecule has 214 valence electrons. The zero-order chi connectivity index (χ0) is 28.6. The number of rotatable bonds is 12. The Morgan fingerprint density at radius 3 is 2.45 bits per heavy atom. The third-order valence-electron chi connectivity index (χ3n) is 7.06. The lowest BCUT2D eigenvalue weighted by Crippen LogP contribution is -2.45. The van der Waals surface area contributed by atoms with Crippen molar-refractivity contribution in [3.63, 3.8) is 0 Å². The second-order valence-corrected chi connectivity index (χ2v) is 9.94. The number of unbranched alkanes of at least 4 members (excludes halogenated alkanes) is 1. The molecule has 1 saturated heterocycles. The largest absolute Gasteiger partial charge is 0.446 e. The fourth-order valence-electron chi connectivity index (χ4n) is 4.94. The van der Waals surface area contributed by atoms with Crippen molar-refractivity contribution in [2.45, 2.75) is 44.8 Å². The highest BCUT2D eigenvalue weighted by Gasteiger charge is 2.37. The van der Waals surface area contributed by atoms with Gasteiger partial charge in [0, 0.05) is 19.5 Å². The quantitative estimate of drug-likeness (QED) is 0.307. The predicted molar refractivity (Wildman–Crippen MR) is 149 cm³/mol. The molecule has 2 heterocycles. The molecule has 0 bridgehead atoms. The Hall–Kier alpha value is -3.76. The molecule has 4 rings (SSSR count). The van der Waals surface area contributed by atoms with Crippen molar-refractivity contribution in [1.29, 1.82) is 0 Å². The second kappa shape index (κ2) is 13.5. The van der Waals surface area contributed by atoms with Gasteiger partial charge >= 0.3 is 6.09 Å². The highest BCUT2D eigenvalue weighted by molar-refractivity contribution is 6.21. The van der Waals surface area contributed by atoms with E-state index in [9.17, 15) is 19.5 Å². The molecule has 10 heteroatoms. The lowest BCUT2D eigenvalue weighted by molar-refractivity contribution is 0.0546. The number of β-amino-alcohol motifs (C(OH)–C–C–N with tert-alkyl or cyclic N) is 1. The molecule has 2 aromatic carbocycles. The van der Waals surface area contributed by atoms with Gasteiger partial charge in [0.15, 0.2) is 0 Å². The summed E-state index contributed by atoms with van der Waals surface area (Å²) in [6, 6.07) is 10.9. The molecule has 2 aliphatic heterocycles. The number of hydrogen-bond donors (Lipinski definition) is 1. The first-order chi connectivity index (χ1) is 19.3. The molecule has 0 aromatic heterocycles. The molecule has 0 spiro atoms. The normalized spacial score (nSPS) is 16.5. The van der Waals surface area contributed by atoms with E-state index < -0.39 is 35.9 Å². The first kappa shape index (κ1) is 29.2. The van der Waals surface area contributed by atoms with Crippen LogP contribution in [0.4, 0.5) is 20.6 Å². The lowest BCUT2D eigenvalue weighted by Gasteiger charge is -2.31. The first-order valence-electron chi connectivity index (χ1n) is 13.7. The van der Waals surface area contributed by atoms with Crippen LogP contribution in [0.1, 0.15) is 53.3 Å². The molecule has 2 aliphatic rings. The Morgan fingerprint density at radius 1 is 1.18 bits per heavy atom. The highest BCUT2D eigenvalue weighted by atomic mass is 19.1. The molecule has 1 unspecified atom stereocenters. The number of imide groups is 1. The lowest BCUT2D eigenvalue weighted by atomic mass is 10.1. The number of fused-ring (bicyclic) bond motifs is 1. The van der Waals surface area contributed by atoms with Crippen LogP contribution in [0.3, 0.4) is 0 Å². The maximum absolute atomic E-state index is 15.3. The number of aliphatic hydroxyl groups excluding tert-OH is 1. The number of halogens is 1. The van der Waals surface area contributed by atoms with Gasteiger partial charge in [0.25, 0.3) is 11.8 Å². The Labute approximate surface area is 233 Å². The molecule has 40 heavy (non-hydrogen) atoms. The molecule has 0 saturated carbocycles. The van der Waals surface area contributed by atoms with Crippen LogP contribution in [0, 0.1) is 5.82 Å². The summed E-state index contributed by atoms with van der Waals surface area (Å²) < 4.78 is 26.4. The van der Waals surface area contributed by atoms with Crippen molar-refractivity contribution in [2.24, 2.45) is 0 Å². The number of anilines is 2. The standard InChI is InChI=1S/C30H36FN3O6/c1-3-5-9-23(8-4-2)40-30(38)33(21-12-13-27(26(31)18-21)32-14-16-39-17-15-32)19-22(35)20-34-28(36)24-10-6-7-11-25(24)29(34)37/h4,6-7,10-13,18,22-23,35H,2-3,5,8-9,14-17,19-20H2,1H3/t22-,23?/m0/s1. The summed E-state index contributed by atoms with van der Waals surface area (Å²) in [5, 5.41) is 11.0. The van der Waals surface area contributed by atoms with E-state index in [4.69, 9.17) is 9.47 Å². The van der Waals surface area contributed by atoms with Gasteiger partial charge < -0.3 is 19.5 Å². The van der Waals surface area contributed by atoms with E-state index >= 15 is 4.39 Å². The number of benzene rings is 2. The van der Waals surface area contributed by atoms with Crippen LogP contribution < -0.4 is 9.80 Å². The third-order valence-corrected chi connectivity index (χ3v) is 7.06. The smallest absolute Gasteiger partial charge is 0.414 e. The topological polar surface area (TPSA) is 99.6 Å². The van der Waals surface area contributed by atoms with Gasteiger partial charge in [0.05, 0.1) is 54.9 Å². The Bertz CT molecular complexity index is 1200. The summed E-state index contributed by atoms with van der Waals surface area (Å²) in [6.07, 6.45) is 2.00. The van der Waals surface area contributed by atoms with Crippen molar-refractivity contribution in [3.8, 4) is 0 Å². The van der Waals surface area contributed by atoms with E-state index in [0.717, 1.165) is 22.6 Å². The number of nitrogens with zero attached hydrogens (tertiary/aromatic N) is 3. The molecule has 1 N–H and O–H groups in total. The van der Waals surface area contributed by atoms with Crippen molar-refractivity contribution in [2.75, 3.05) is 49.2 Å². The number of ether oxygens (including phenoxy) is 2. The summed E-state index contributed by atoms with van der Waals surface area (Å²) >= 11 is 0. The van der Waals surface area contributed by atoms with Gasteiger partial charge in [0.2, 0.25) is 0 Å². The van der Waals surface area contributed by atoms with Gasteiger partial charge in [-0.2, -0.15) is 0 Å². The monoisotopic (exact) mass is 553 g/mol. The summed E-state index contributed by atoms with van der Waals surface area (Å²) in [6.45, 7) is 7.19. The van der Waals surface area contributed by atoms with E-state index in [1.807, 2.05) is 11.8 Å². The van der Waals surface area contributed by atoms with Crippen molar-refractivity contribution in [1.82, 2.24) is 4.90 Å². The summed E-state index contributed by atoms with van der Waals surface area (Å²) in [5.74, 6) is -1.55. The fourth-order valence-corrected chi connectivity index (χ4v) is 4.94. The van der Waals surface area contributed by atoms with Crippen LogP contribution in [0.2, 0.25) is 0 Å². The number of hydrogen-bond acceptors (Lipinski definition) is 7. The molecular formula is C30H36FN3O6. The van der Waals surface area contributed by atoms with Gasteiger partial charge in [-0.05, 0) is 36.8 Å². The highest BCUT2D eigenvalue weighted by Crippen LogP contribution is 2.28. The van der Waals surface area contributed by atoms with Crippen LogP contribution in [0.5, 0.6) is 0 Å². The molecule has 0 radical (unpaired) electrons. The average molecular weight is 554 g/mol. The number of aliphatic hydroxyl groups is 1. The maximum Gasteiger partial charge on any atom is 0.414 e. The van der Waals surface area contributed by atoms with Gasteiger partial charge in [-0.25, -0.2) is 9.18 Å². The molecule has 3 amide bonds. The summed E-state index contributed by atoms with van der Waals surface area (Å²) in [4.78, 5) is 43.0. The van der Waals surface area contributed by atoms with Crippen molar-refractivity contribution in [3.05, 3.63) is 72.1 Å². The van der Waals surface area contributed by atoms with Crippen molar-refractivity contribution >= 4 is 29.3 Å². The summed E-state index contributed by atoms with van der Waals surface area (Å²) in [5.41, 5.74) is 1.10. The van der Waals surface area contributed by atoms with Gasteiger partial charge in [0.1, 0.15) is 11.9 Å². The molecular weight excluding hydrogens is 517 g/mol. The number of amides is 3. The zero-order valence-electron chi connectivity index (χ0n) is 22.8. The minimum atomic E-state index is -1.31. The van der Waals surface area contributed by atoms with Crippen LogP contribution >= 0.6 is 0 Å². The van der Waals surface area contributed by atoms with E-state index in [1.165, 1.54) is 6.07 Å². The first-order valence-corrected chi connectivity index (χ1v) is 13.7. The predicted octanol–water partition coefficient (Wildman–Crippen LogP) is 4.40. The van der Waals surface area contributed by atoms with Crippen LogP contribution in [-0.4, -0.2) is 79.5 Å². The van der Waals surface area contributed by atoms with E-state index in [-0.39, 0.29) is 29.9 Å². The van der Waals surface area contributed by atoms with Gasteiger partial charge in [-0.1, -0.05) is 38.0 Å². The zero-order valence-corrected chi connectivity index (χ0v) is 22.8. The molecule has 9 nitrogen and oxygen atoms in total. The van der Waals surface area contributed by atoms with Gasteiger partial charge in [-0.3, -0.25) is 19.4 Å². The molecule has 2 aromatic rings. The van der Waals surface area contributed by atoms with E-state index in [1.54, 1.807) is 42.5 Å². The average Bonchev–Trinajstić information content (AvgIpc) is 3.20. The Morgan fingerprint density at radius 2 is 1.85 bits per heavy atom. The van der Waals surface area contributed by atoms with Crippen LogP contribution in [0.15, 0.2) is 55.1 Å². The molecule has 2 atom stereocenters. The number of morpholine rings is 1. The number of carbonyl (C=O) groups is 3. The molecule has 0 aliphatic carbocycles. The molecule has 1 fully saturated rings. The SMILES string of the molecule is C=CCC(CCCC)OC(=O)N(C[C@H](O)CN1C(=O)c2ccccc2C1=O)c1ccc(N2CCOCC2)c(F)c1. The number of carbonyl (C=O) groups excluding carboxylic acids is 3.